The third-order valence-electron chi connectivity index (χ3n) is 7.02. The van der Waals surface area contributed by atoms with Gasteiger partial charge in [-0.3, -0.25) is 9.59 Å². The van der Waals surface area contributed by atoms with E-state index in [2.05, 4.69) is 5.32 Å². The van der Waals surface area contributed by atoms with Crippen LogP contribution in [0, 0.1) is 0 Å². The first-order chi connectivity index (χ1) is 19.4. The third kappa shape index (κ3) is 8.05. The van der Waals surface area contributed by atoms with Crippen molar-refractivity contribution in [3.8, 4) is 17.2 Å². The molecule has 4 rings (SSSR count). The second-order valence-electron chi connectivity index (χ2n) is 9.79. The highest BCUT2D eigenvalue weighted by atomic mass is 35.5. The van der Waals surface area contributed by atoms with Crippen LogP contribution in [0.4, 0.5) is 0 Å². The van der Waals surface area contributed by atoms with Crippen molar-refractivity contribution in [3.63, 3.8) is 0 Å². The molecule has 3 aromatic carbocycles. The van der Waals surface area contributed by atoms with Crippen LogP contribution in [0.3, 0.4) is 0 Å². The summed E-state index contributed by atoms with van der Waals surface area (Å²) in [6, 6.07) is 19.2. The summed E-state index contributed by atoms with van der Waals surface area (Å²) in [5.74, 6) is 0.908. The Bertz CT molecular complexity index is 1280. The fourth-order valence-corrected chi connectivity index (χ4v) is 5.32. The molecule has 1 aliphatic carbocycles. The summed E-state index contributed by atoms with van der Waals surface area (Å²) in [4.78, 5) is 29.2. The maximum absolute atomic E-state index is 13.9. The Morgan fingerprint density at radius 2 is 1.57 bits per heavy atom. The summed E-state index contributed by atoms with van der Waals surface area (Å²) in [5, 5.41) is 4.09. The minimum Gasteiger partial charge on any atom is -0.496 e. The van der Waals surface area contributed by atoms with Crippen LogP contribution in [-0.2, 0) is 22.6 Å². The number of rotatable bonds is 12. The van der Waals surface area contributed by atoms with Gasteiger partial charge >= 0.3 is 0 Å². The molecule has 0 heterocycles. The molecule has 1 saturated carbocycles. The number of hydrogen-bond acceptors (Lipinski definition) is 5. The molecule has 0 spiro atoms. The van der Waals surface area contributed by atoms with E-state index in [0.29, 0.717) is 39.3 Å². The maximum Gasteiger partial charge on any atom is 0.261 e. The normalized spacial score (nSPS) is 13.9. The zero-order valence-electron chi connectivity index (χ0n) is 22.7. The van der Waals surface area contributed by atoms with E-state index in [1.807, 2.05) is 30.3 Å². The monoisotopic (exact) mass is 584 g/mol. The molecule has 1 N–H and O–H groups in total. The van der Waals surface area contributed by atoms with Crippen LogP contribution in [0.25, 0.3) is 0 Å². The second kappa shape index (κ2) is 14.3. The Kier molecular flexibility index (Phi) is 10.6. The number of amides is 2. The van der Waals surface area contributed by atoms with Gasteiger partial charge in [0.2, 0.25) is 5.91 Å². The van der Waals surface area contributed by atoms with E-state index in [9.17, 15) is 9.59 Å². The molecule has 2 amide bonds. The van der Waals surface area contributed by atoms with Crippen LogP contribution < -0.4 is 19.5 Å². The SMILES string of the molecule is COc1cc(OC)cc(OCC(=O)N(Cc2ccc(Cl)cc2Cl)C(Cc2ccccc2)C(=O)NC2CCCC2)c1. The Morgan fingerprint density at radius 1 is 0.925 bits per heavy atom. The molecule has 0 radical (unpaired) electrons. The fourth-order valence-electron chi connectivity index (χ4n) is 4.85. The van der Waals surface area contributed by atoms with Gasteiger partial charge < -0.3 is 24.4 Å². The predicted molar refractivity (Wildman–Crippen MR) is 156 cm³/mol. The lowest BCUT2D eigenvalue weighted by Crippen LogP contribution is -2.53. The summed E-state index contributed by atoms with van der Waals surface area (Å²) < 4.78 is 16.5. The van der Waals surface area contributed by atoms with Gasteiger partial charge in [-0.15, -0.1) is 0 Å². The van der Waals surface area contributed by atoms with Crippen molar-refractivity contribution in [2.45, 2.75) is 50.7 Å². The standard InChI is InChI=1S/C31H34Cl2N2O5/c1-38-25-16-26(39-2)18-27(17-25)40-20-30(36)35(19-22-12-13-23(32)15-28(22)33)29(14-21-8-4-3-5-9-21)31(37)34-24-10-6-7-11-24/h3-5,8-9,12-13,15-18,24,29H,6-7,10-11,14,19-20H2,1-2H3,(H,34,37). The van der Waals surface area contributed by atoms with Crippen LogP contribution in [0.1, 0.15) is 36.8 Å². The van der Waals surface area contributed by atoms with Crippen molar-refractivity contribution in [1.82, 2.24) is 10.2 Å². The van der Waals surface area contributed by atoms with Gasteiger partial charge in [0.15, 0.2) is 6.61 Å². The Morgan fingerprint density at radius 3 is 2.20 bits per heavy atom. The highest BCUT2D eigenvalue weighted by molar-refractivity contribution is 6.35. The van der Waals surface area contributed by atoms with E-state index in [1.165, 1.54) is 0 Å². The number of nitrogens with zero attached hydrogens (tertiary/aromatic N) is 1. The fraction of sp³-hybridized carbons (Fsp3) is 0.355. The van der Waals surface area contributed by atoms with Crippen molar-refractivity contribution in [2.75, 3.05) is 20.8 Å². The average molecular weight is 586 g/mol. The molecular weight excluding hydrogens is 551 g/mol. The van der Waals surface area contributed by atoms with Gasteiger partial charge in [0.05, 0.1) is 14.2 Å². The summed E-state index contributed by atoms with van der Waals surface area (Å²) in [5.41, 5.74) is 1.61. The topological polar surface area (TPSA) is 77.1 Å². The first kappa shape index (κ1) is 29.6. The second-order valence-corrected chi connectivity index (χ2v) is 10.6. The van der Waals surface area contributed by atoms with Crippen LogP contribution in [0.2, 0.25) is 10.0 Å². The molecule has 1 fully saturated rings. The van der Waals surface area contributed by atoms with Crippen LogP contribution in [0.5, 0.6) is 17.2 Å². The number of benzene rings is 3. The predicted octanol–water partition coefficient (Wildman–Crippen LogP) is 6.09. The van der Waals surface area contributed by atoms with E-state index >= 15 is 0 Å². The number of hydrogen-bond donors (Lipinski definition) is 1. The maximum atomic E-state index is 13.9. The first-order valence-corrected chi connectivity index (χ1v) is 14.1. The summed E-state index contributed by atoms with van der Waals surface area (Å²) in [7, 11) is 3.08. The van der Waals surface area contributed by atoms with Gasteiger partial charge in [-0.05, 0) is 36.1 Å². The van der Waals surface area contributed by atoms with E-state index in [1.54, 1.807) is 55.5 Å². The lowest BCUT2D eigenvalue weighted by molar-refractivity contribution is -0.143. The quantitative estimate of drug-likeness (QED) is 0.279. The minimum absolute atomic E-state index is 0.0994. The molecule has 0 bridgehead atoms. The zero-order valence-corrected chi connectivity index (χ0v) is 24.2. The Labute approximate surface area is 245 Å². The number of halogens is 2. The molecule has 0 aromatic heterocycles. The zero-order chi connectivity index (χ0) is 28.5. The van der Waals surface area contributed by atoms with Crippen LogP contribution >= 0.6 is 23.2 Å². The highest BCUT2D eigenvalue weighted by Gasteiger charge is 2.33. The molecule has 40 heavy (non-hydrogen) atoms. The van der Waals surface area contributed by atoms with Crippen LogP contribution in [0.15, 0.2) is 66.7 Å². The molecule has 9 heteroatoms. The van der Waals surface area contributed by atoms with Crippen molar-refractivity contribution in [2.24, 2.45) is 0 Å². The summed E-state index contributed by atoms with van der Waals surface area (Å²) >= 11 is 12.6. The van der Waals surface area contributed by atoms with Gasteiger partial charge in [-0.1, -0.05) is 72.4 Å². The Hall–Kier alpha value is -3.42. The van der Waals surface area contributed by atoms with E-state index < -0.39 is 6.04 Å². The molecule has 3 aromatic rings. The third-order valence-corrected chi connectivity index (χ3v) is 7.60. The minimum atomic E-state index is -0.786. The number of ether oxygens (including phenoxy) is 3. The first-order valence-electron chi connectivity index (χ1n) is 13.3. The van der Waals surface area contributed by atoms with E-state index in [-0.39, 0.29) is 31.0 Å². The van der Waals surface area contributed by atoms with Gasteiger partial charge in [-0.25, -0.2) is 0 Å². The Balaban J connectivity index is 1.64. The molecule has 0 aliphatic heterocycles. The molecule has 1 atom stereocenters. The van der Waals surface area contributed by atoms with Crippen LogP contribution in [-0.4, -0.2) is 49.6 Å². The summed E-state index contributed by atoms with van der Waals surface area (Å²) in [6.07, 6.45) is 4.36. The largest absolute Gasteiger partial charge is 0.496 e. The van der Waals surface area contributed by atoms with Crippen molar-refractivity contribution < 1.29 is 23.8 Å². The average Bonchev–Trinajstić information content (AvgIpc) is 3.48. The van der Waals surface area contributed by atoms with Crippen molar-refractivity contribution in [3.05, 3.63) is 87.9 Å². The smallest absolute Gasteiger partial charge is 0.261 e. The number of carbonyl (C=O) groups is 2. The van der Waals surface area contributed by atoms with E-state index in [4.69, 9.17) is 37.4 Å². The van der Waals surface area contributed by atoms with Gasteiger partial charge in [0.1, 0.15) is 23.3 Å². The van der Waals surface area contributed by atoms with Gasteiger partial charge in [0, 0.05) is 47.3 Å². The van der Waals surface area contributed by atoms with Crippen molar-refractivity contribution >= 4 is 35.0 Å². The number of methoxy groups -OCH3 is 2. The molecule has 0 saturated heterocycles. The number of nitrogens with one attached hydrogen (secondary N) is 1. The highest BCUT2D eigenvalue weighted by Crippen LogP contribution is 2.28. The lowest BCUT2D eigenvalue weighted by atomic mass is 10.0. The molecule has 7 nitrogen and oxygen atoms in total. The van der Waals surface area contributed by atoms with Gasteiger partial charge in [0.25, 0.3) is 5.91 Å². The molecule has 212 valence electrons. The van der Waals surface area contributed by atoms with Gasteiger partial charge in [-0.2, -0.15) is 0 Å². The lowest BCUT2D eigenvalue weighted by Gasteiger charge is -2.32. The number of carbonyl (C=O) groups excluding carboxylic acids is 2. The molecule has 1 aliphatic rings. The van der Waals surface area contributed by atoms with Crippen molar-refractivity contribution in [1.29, 1.82) is 0 Å². The molecule has 1 unspecified atom stereocenters. The molecular formula is C31H34Cl2N2O5. The summed E-state index contributed by atoms with van der Waals surface area (Å²) in [6.45, 7) is -0.196. The van der Waals surface area contributed by atoms with E-state index in [0.717, 1.165) is 31.2 Å².